The van der Waals surface area contributed by atoms with Crippen LogP contribution >= 0.6 is 0 Å². The third kappa shape index (κ3) is 4.20. The summed E-state index contributed by atoms with van der Waals surface area (Å²) in [7, 11) is 0. The Kier molecular flexibility index (Phi) is 6.34. The number of hydrogen-bond acceptors (Lipinski definition) is 3. The molecule has 0 saturated carbocycles. The standard InChI is InChI=1S/C19H26FN3O3/c1-4-5-10-19(14-6-8-15(20)9-7-14)17(25)23(18(26)22-19)12-16(24)21-11-13(2)3/h6-9,13H,4-5,10-12H2,1-3H3,(H,21,24)(H,22,26)/t19-/m0/s1. The zero-order valence-corrected chi connectivity index (χ0v) is 15.5. The molecule has 2 rings (SSSR count). The molecule has 0 aromatic heterocycles. The van der Waals surface area contributed by atoms with Crippen LogP contribution in [0.15, 0.2) is 24.3 Å². The summed E-state index contributed by atoms with van der Waals surface area (Å²) in [5.41, 5.74) is -0.727. The molecular weight excluding hydrogens is 337 g/mol. The first kappa shape index (κ1) is 19.9. The van der Waals surface area contributed by atoms with Crippen LogP contribution in [0.5, 0.6) is 0 Å². The molecule has 0 bridgehead atoms. The molecule has 0 aliphatic carbocycles. The number of amides is 4. The molecule has 1 fully saturated rings. The first-order valence-corrected chi connectivity index (χ1v) is 8.97. The maximum atomic E-state index is 13.3. The summed E-state index contributed by atoms with van der Waals surface area (Å²) in [4.78, 5) is 38.5. The Morgan fingerprint density at radius 3 is 2.50 bits per heavy atom. The van der Waals surface area contributed by atoms with Crippen molar-refractivity contribution in [3.8, 4) is 0 Å². The number of halogens is 1. The number of imide groups is 1. The molecule has 2 N–H and O–H groups in total. The van der Waals surface area contributed by atoms with E-state index in [4.69, 9.17) is 0 Å². The maximum absolute atomic E-state index is 13.3. The molecule has 1 saturated heterocycles. The number of nitrogens with zero attached hydrogens (tertiary/aromatic N) is 1. The van der Waals surface area contributed by atoms with E-state index in [-0.39, 0.29) is 18.4 Å². The van der Waals surface area contributed by atoms with Crippen LogP contribution in [0.25, 0.3) is 0 Å². The van der Waals surface area contributed by atoms with Gasteiger partial charge >= 0.3 is 6.03 Å². The molecule has 0 spiro atoms. The Bertz CT molecular complexity index is 675. The van der Waals surface area contributed by atoms with Gasteiger partial charge in [0.1, 0.15) is 17.9 Å². The van der Waals surface area contributed by atoms with E-state index >= 15 is 0 Å². The summed E-state index contributed by atoms with van der Waals surface area (Å²) in [5.74, 6) is -0.999. The quantitative estimate of drug-likeness (QED) is 0.697. The van der Waals surface area contributed by atoms with Gasteiger partial charge in [-0.25, -0.2) is 9.18 Å². The highest BCUT2D eigenvalue weighted by atomic mass is 19.1. The van der Waals surface area contributed by atoms with Gasteiger partial charge in [-0.1, -0.05) is 45.7 Å². The van der Waals surface area contributed by atoms with Gasteiger partial charge in [0.05, 0.1) is 0 Å². The summed E-state index contributed by atoms with van der Waals surface area (Å²) in [6.45, 7) is 6.04. The van der Waals surface area contributed by atoms with E-state index in [1.54, 1.807) is 0 Å². The van der Waals surface area contributed by atoms with Crippen LogP contribution in [0.2, 0.25) is 0 Å². The van der Waals surface area contributed by atoms with Crippen molar-refractivity contribution in [2.75, 3.05) is 13.1 Å². The molecular formula is C19H26FN3O3. The molecule has 4 amide bonds. The van der Waals surface area contributed by atoms with Crippen molar-refractivity contribution in [2.45, 2.75) is 45.6 Å². The summed E-state index contributed by atoms with van der Waals surface area (Å²) in [6, 6.07) is 4.94. The summed E-state index contributed by atoms with van der Waals surface area (Å²) >= 11 is 0. The van der Waals surface area contributed by atoms with Gasteiger partial charge in [-0.2, -0.15) is 0 Å². The highest BCUT2D eigenvalue weighted by Gasteiger charge is 2.52. The lowest BCUT2D eigenvalue weighted by molar-refractivity contribution is -0.135. The number of hydrogen-bond donors (Lipinski definition) is 2. The number of nitrogens with one attached hydrogen (secondary N) is 2. The van der Waals surface area contributed by atoms with Crippen molar-refractivity contribution in [3.05, 3.63) is 35.6 Å². The van der Waals surface area contributed by atoms with Gasteiger partial charge in [-0.15, -0.1) is 0 Å². The van der Waals surface area contributed by atoms with Crippen LogP contribution in [0.1, 0.15) is 45.6 Å². The van der Waals surface area contributed by atoms with Crippen LogP contribution in [0.3, 0.4) is 0 Å². The molecule has 7 heteroatoms. The predicted molar refractivity (Wildman–Crippen MR) is 95.7 cm³/mol. The van der Waals surface area contributed by atoms with Crippen LogP contribution in [-0.2, 0) is 15.1 Å². The van der Waals surface area contributed by atoms with E-state index in [0.29, 0.717) is 24.9 Å². The number of carbonyl (C=O) groups is 3. The van der Waals surface area contributed by atoms with Crippen LogP contribution in [-0.4, -0.2) is 35.8 Å². The largest absolute Gasteiger partial charge is 0.354 e. The fourth-order valence-corrected chi connectivity index (χ4v) is 2.97. The summed E-state index contributed by atoms with van der Waals surface area (Å²) in [5, 5.41) is 5.45. The van der Waals surface area contributed by atoms with Gasteiger partial charge in [0.25, 0.3) is 5.91 Å². The molecule has 0 unspecified atom stereocenters. The SMILES string of the molecule is CCCC[C@@]1(c2ccc(F)cc2)NC(=O)N(CC(=O)NCC(C)C)C1=O. The second-order valence-electron chi connectivity index (χ2n) is 7.04. The van der Waals surface area contributed by atoms with Crippen molar-refractivity contribution in [1.82, 2.24) is 15.5 Å². The number of carbonyl (C=O) groups excluding carboxylic acids is 3. The Balaban J connectivity index is 2.24. The monoisotopic (exact) mass is 363 g/mol. The van der Waals surface area contributed by atoms with Crippen molar-refractivity contribution < 1.29 is 18.8 Å². The van der Waals surface area contributed by atoms with E-state index < -0.39 is 23.3 Å². The van der Waals surface area contributed by atoms with Crippen LogP contribution in [0, 0.1) is 11.7 Å². The second kappa shape index (κ2) is 8.29. The molecule has 142 valence electrons. The van der Waals surface area contributed by atoms with Crippen molar-refractivity contribution >= 4 is 17.8 Å². The van der Waals surface area contributed by atoms with E-state index in [9.17, 15) is 18.8 Å². The minimum Gasteiger partial charge on any atom is -0.354 e. The topological polar surface area (TPSA) is 78.5 Å². The minimum absolute atomic E-state index is 0.268. The lowest BCUT2D eigenvalue weighted by Gasteiger charge is -2.27. The van der Waals surface area contributed by atoms with Gasteiger partial charge in [-0.05, 0) is 30.0 Å². The van der Waals surface area contributed by atoms with Crippen molar-refractivity contribution in [2.24, 2.45) is 5.92 Å². The van der Waals surface area contributed by atoms with Crippen LogP contribution < -0.4 is 10.6 Å². The lowest BCUT2D eigenvalue weighted by Crippen LogP contribution is -2.45. The zero-order valence-electron chi connectivity index (χ0n) is 15.5. The fraction of sp³-hybridized carbons (Fsp3) is 0.526. The Morgan fingerprint density at radius 1 is 1.27 bits per heavy atom. The van der Waals surface area contributed by atoms with Gasteiger partial charge < -0.3 is 10.6 Å². The van der Waals surface area contributed by atoms with E-state index in [0.717, 1.165) is 11.3 Å². The Morgan fingerprint density at radius 2 is 1.92 bits per heavy atom. The second-order valence-corrected chi connectivity index (χ2v) is 7.04. The van der Waals surface area contributed by atoms with E-state index in [2.05, 4.69) is 10.6 Å². The third-order valence-corrected chi connectivity index (χ3v) is 4.43. The number of urea groups is 1. The zero-order chi connectivity index (χ0) is 19.3. The predicted octanol–water partition coefficient (Wildman–Crippen LogP) is 2.54. The first-order chi connectivity index (χ1) is 12.3. The lowest BCUT2D eigenvalue weighted by atomic mass is 9.85. The van der Waals surface area contributed by atoms with Gasteiger partial charge in [0, 0.05) is 6.54 Å². The van der Waals surface area contributed by atoms with Gasteiger partial charge in [-0.3, -0.25) is 14.5 Å². The molecule has 26 heavy (non-hydrogen) atoms. The van der Waals surface area contributed by atoms with Gasteiger partial charge in [0.15, 0.2) is 0 Å². The molecule has 1 atom stereocenters. The normalized spacial score (nSPS) is 19.8. The summed E-state index contributed by atoms with van der Waals surface area (Å²) in [6.07, 6.45) is 1.93. The molecule has 6 nitrogen and oxygen atoms in total. The highest BCUT2D eigenvalue weighted by Crippen LogP contribution is 2.34. The maximum Gasteiger partial charge on any atom is 0.325 e. The average molecular weight is 363 g/mol. The van der Waals surface area contributed by atoms with Crippen LogP contribution in [0.4, 0.5) is 9.18 Å². The smallest absolute Gasteiger partial charge is 0.325 e. The molecule has 1 aromatic carbocycles. The molecule has 1 heterocycles. The number of benzene rings is 1. The van der Waals surface area contributed by atoms with E-state index in [1.807, 2.05) is 20.8 Å². The van der Waals surface area contributed by atoms with E-state index in [1.165, 1.54) is 24.3 Å². The number of unbranched alkanes of at least 4 members (excludes halogenated alkanes) is 1. The summed E-state index contributed by atoms with van der Waals surface area (Å²) < 4.78 is 13.3. The average Bonchev–Trinajstić information content (AvgIpc) is 2.84. The molecule has 1 aromatic rings. The first-order valence-electron chi connectivity index (χ1n) is 8.97. The van der Waals surface area contributed by atoms with Crippen molar-refractivity contribution in [3.63, 3.8) is 0 Å². The molecule has 0 radical (unpaired) electrons. The molecule has 1 aliphatic rings. The van der Waals surface area contributed by atoms with Gasteiger partial charge in [0.2, 0.25) is 5.91 Å². The molecule has 1 aliphatic heterocycles. The fourth-order valence-electron chi connectivity index (χ4n) is 2.97. The van der Waals surface area contributed by atoms with Crippen molar-refractivity contribution in [1.29, 1.82) is 0 Å². The minimum atomic E-state index is -1.25. The number of rotatable bonds is 8. The highest BCUT2D eigenvalue weighted by molar-refractivity contribution is 6.09. The Hall–Kier alpha value is -2.44. The Labute approximate surface area is 153 Å². The third-order valence-electron chi connectivity index (χ3n) is 4.43.